The van der Waals surface area contributed by atoms with E-state index in [0.29, 0.717) is 6.41 Å². The summed E-state index contributed by atoms with van der Waals surface area (Å²) in [4.78, 5) is 20.4. The topological polar surface area (TPSA) is 46.2 Å². The van der Waals surface area contributed by atoms with Crippen molar-refractivity contribution in [2.24, 2.45) is 0 Å². The molecule has 3 nitrogen and oxygen atoms in total. The molecule has 0 aliphatic rings. The zero-order chi connectivity index (χ0) is 8.69. The van der Waals surface area contributed by atoms with Crippen LogP contribution in [0.5, 0.6) is 0 Å². The molecule has 0 aliphatic carbocycles. The Hall–Kier alpha value is -0.510. The van der Waals surface area contributed by atoms with E-state index in [1.165, 1.54) is 11.8 Å². The third-order valence-corrected chi connectivity index (χ3v) is 2.06. The molecule has 1 amide bonds. The van der Waals surface area contributed by atoms with E-state index in [1.54, 1.807) is 6.92 Å². The molecule has 4 heteroatoms. The van der Waals surface area contributed by atoms with Gasteiger partial charge in [0.1, 0.15) is 0 Å². The van der Waals surface area contributed by atoms with Crippen LogP contribution in [0.2, 0.25) is 0 Å². The number of amides is 1. The van der Waals surface area contributed by atoms with Gasteiger partial charge in [0, 0.05) is 18.7 Å². The van der Waals surface area contributed by atoms with E-state index in [4.69, 9.17) is 0 Å². The number of carbonyl (C=O) groups is 2. The standard InChI is InChI=1S/C7H13NO2S/c1-6(8-5-9)3-4-11-7(2)10/h5-6H,3-4H2,1-2H3,(H,8,9). The summed E-state index contributed by atoms with van der Waals surface area (Å²) in [6.07, 6.45) is 1.52. The number of nitrogens with one attached hydrogen (secondary N) is 1. The van der Waals surface area contributed by atoms with Crippen molar-refractivity contribution < 1.29 is 9.59 Å². The monoisotopic (exact) mass is 175 g/mol. The quantitative estimate of drug-likeness (QED) is 0.628. The summed E-state index contributed by atoms with van der Waals surface area (Å²) in [7, 11) is 0. The summed E-state index contributed by atoms with van der Waals surface area (Å²) >= 11 is 1.29. The number of carbonyl (C=O) groups excluding carboxylic acids is 2. The molecule has 0 heterocycles. The summed E-state index contributed by atoms with van der Waals surface area (Å²) < 4.78 is 0. The Morgan fingerprint density at radius 3 is 2.82 bits per heavy atom. The fourth-order valence-corrected chi connectivity index (χ4v) is 1.34. The first-order chi connectivity index (χ1) is 5.16. The molecular formula is C7H13NO2S. The van der Waals surface area contributed by atoms with Crippen molar-refractivity contribution in [2.45, 2.75) is 26.3 Å². The van der Waals surface area contributed by atoms with Crippen LogP contribution in [0.1, 0.15) is 20.3 Å². The summed E-state index contributed by atoms with van der Waals surface area (Å²) in [5.74, 6) is 0.775. The molecule has 0 aromatic heterocycles. The molecule has 0 aromatic rings. The van der Waals surface area contributed by atoms with Crippen molar-refractivity contribution in [3.63, 3.8) is 0 Å². The number of rotatable bonds is 5. The Kier molecular flexibility index (Phi) is 5.93. The number of hydrogen-bond acceptors (Lipinski definition) is 3. The van der Waals surface area contributed by atoms with Gasteiger partial charge in [0.05, 0.1) is 0 Å². The van der Waals surface area contributed by atoms with Crippen molar-refractivity contribution in [3.05, 3.63) is 0 Å². The van der Waals surface area contributed by atoms with Crippen LogP contribution in [0.15, 0.2) is 0 Å². The van der Waals surface area contributed by atoms with E-state index in [9.17, 15) is 9.59 Å². The Balaban J connectivity index is 3.23. The van der Waals surface area contributed by atoms with E-state index in [1.807, 2.05) is 6.92 Å². The van der Waals surface area contributed by atoms with Crippen molar-refractivity contribution in [1.82, 2.24) is 5.32 Å². The molecule has 0 aromatic carbocycles. The fraction of sp³-hybridized carbons (Fsp3) is 0.714. The zero-order valence-electron chi connectivity index (χ0n) is 6.79. The van der Waals surface area contributed by atoms with Gasteiger partial charge in [0.25, 0.3) is 0 Å². The van der Waals surface area contributed by atoms with Crippen LogP contribution in [0.25, 0.3) is 0 Å². The first-order valence-corrected chi connectivity index (χ1v) is 4.48. The molecule has 0 aliphatic heterocycles. The van der Waals surface area contributed by atoms with Gasteiger partial charge in [-0.15, -0.1) is 0 Å². The second-order valence-corrected chi connectivity index (χ2v) is 3.59. The highest BCUT2D eigenvalue weighted by Gasteiger charge is 2.00. The lowest BCUT2D eigenvalue weighted by atomic mass is 10.3. The highest BCUT2D eigenvalue weighted by molar-refractivity contribution is 8.13. The smallest absolute Gasteiger partial charge is 0.207 e. The first-order valence-electron chi connectivity index (χ1n) is 3.50. The third kappa shape index (κ3) is 7.39. The van der Waals surface area contributed by atoms with Gasteiger partial charge in [-0.1, -0.05) is 11.8 Å². The molecule has 0 spiro atoms. The van der Waals surface area contributed by atoms with Crippen LogP contribution >= 0.6 is 11.8 Å². The number of hydrogen-bond donors (Lipinski definition) is 1. The van der Waals surface area contributed by atoms with Crippen LogP contribution in [0.3, 0.4) is 0 Å². The Morgan fingerprint density at radius 1 is 1.73 bits per heavy atom. The predicted molar refractivity (Wildman–Crippen MR) is 46.4 cm³/mol. The van der Waals surface area contributed by atoms with Gasteiger partial charge >= 0.3 is 0 Å². The molecule has 1 N–H and O–H groups in total. The SMILES string of the molecule is CC(=O)SCCC(C)NC=O. The molecule has 1 atom stereocenters. The highest BCUT2D eigenvalue weighted by atomic mass is 32.2. The van der Waals surface area contributed by atoms with Gasteiger partial charge in [-0.3, -0.25) is 9.59 Å². The van der Waals surface area contributed by atoms with Crippen LogP contribution < -0.4 is 5.32 Å². The zero-order valence-corrected chi connectivity index (χ0v) is 7.61. The largest absolute Gasteiger partial charge is 0.356 e. The van der Waals surface area contributed by atoms with Crippen LogP contribution in [-0.2, 0) is 9.59 Å². The van der Waals surface area contributed by atoms with Gasteiger partial charge in [-0.25, -0.2) is 0 Å². The second-order valence-electron chi connectivity index (χ2n) is 2.31. The van der Waals surface area contributed by atoms with E-state index in [-0.39, 0.29) is 11.2 Å². The van der Waals surface area contributed by atoms with Gasteiger partial charge in [0.2, 0.25) is 6.41 Å². The van der Waals surface area contributed by atoms with Crippen LogP contribution in [-0.4, -0.2) is 23.3 Å². The third-order valence-electron chi connectivity index (χ3n) is 1.21. The second kappa shape index (κ2) is 6.22. The summed E-state index contributed by atoms with van der Waals surface area (Å²) in [5, 5.41) is 2.74. The van der Waals surface area contributed by atoms with Crippen LogP contribution in [0, 0.1) is 0 Å². The molecule has 64 valence electrons. The Bertz CT molecular complexity index is 138. The molecule has 0 bridgehead atoms. The first kappa shape index (κ1) is 10.5. The minimum Gasteiger partial charge on any atom is -0.356 e. The van der Waals surface area contributed by atoms with Gasteiger partial charge in [-0.2, -0.15) is 0 Å². The van der Waals surface area contributed by atoms with Crippen LogP contribution in [0.4, 0.5) is 0 Å². The van der Waals surface area contributed by atoms with E-state index in [2.05, 4.69) is 5.32 Å². The highest BCUT2D eigenvalue weighted by Crippen LogP contribution is 2.04. The Labute approximate surface area is 70.9 Å². The molecule has 1 unspecified atom stereocenters. The molecular weight excluding hydrogens is 162 g/mol. The molecule has 0 saturated carbocycles. The van der Waals surface area contributed by atoms with Crippen molar-refractivity contribution in [3.8, 4) is 0 Å². The molecule has 11 heavy (non-hydrogen) atoms. The number of thioether (sulfide) groups is 1. The maximum atomic E-state index is 10.5. The van der Waals surface area contributed by atoms with Crippen molar-refractivity contribution in [1.29, 1.82) is 0 Å². The van der Waals surface area contributed by atoms with E-state index in [0.717, 1.165) is 12.2 Å². The summed E-state index contributed by atoms with van der Waals surface area (Å²) in [6, 6.07) is 0.166. The summed E-state index contributed by atoms with van der Waals surface area (Å²) in [5.41, 5.74) is 0. The maximum absolute atomic E-state index is 10.5. The van der Waals surface area contributed by atoms with Gasteiger partial charge in [-0.05, 0) is 13.3 Å². The maximum Gasteiger partial charge on any atom is 0.207 e. The average Bonchev–Trinajstić information content (AvgIpc) is 1.87. The lowest BCUT2D eigenvalue weighted by Gasteiger charge is -2.07. The normalized spacial score (nSPS) is 12.2. The van der Waals surface area contributed by atoms with Gasteiger partial charge < -0.3 is 5.32 Å². The lowest BCUT2D eigenvalue weighted by molar-refractivity contribution is -0.110. The average molecular weight is 175 g/mol. The van der Waals surface area contributed by atoms with Crippen molar-refractivity contribution >= 4 is 23.3 Å². The minimum atomic E-state index is 0.128. The predicted octanol–water partition coefficient (Wildman–Crippen LogP) is 0.791. The van der Waals surface area contributed by atoms with Gasteiger partial charge in [0.15, 0.2) is 5.12 Å². The fourth-order valence-electron chi connectivity index (χ4n) is 0.579. The summed E-state index contributed by atoms with van der Waals surface area (Å²) in [6.45, 7) is 3.46. The lowest BCUT2D eigenvalue weighted by Crippen LogP contribution is -2.24. The molecule has 0 radical (unpaired) electrons. The Morgan fingerprint density at radius 2 is 2.36 bits per heavy atom. The molecule has 0 saturated heterocycles. The molecule has 0 fully saturated rings. The van der Waals surface area contributed by atoms with Crippen molar-refractivity contribution in [2.75, 3.05) is 5.75 Å². The van der Waals surface area contributed by atoms with E-state index >= 15 is 0 Å². The van der Waals surface area contributed by atoms with E-state index < -0.39 is 0 Å². The minimum absolute atomic E-state index is 0.128. The molecule has 0 rings (SSSR count).